The molecule has 160 valence electrons. The van der Waals surface area contributed by atoms with E-state index in [0.717, 1.165) is 23.7 Å². The van der Waals surface area contributed by atoms with E-state index in [-0.39, 0.29) is 12.4 Å². The summed E-state index contributed by atoms with van der Waals surface area (Å²) < 4.78 is 55.0. The monoisotopic (exact) mass is 441 g/mol. The zero-order chi connectivity index (χ0) is 21.9. The Balaban J connectivity index is 1.82. The summed E-state index contributed by atoms with van der Waals surface area (Å²) in [5.74, 6) is 0.190. The van der Waals surface area contributed by atoms with E-state index in [9.17, 15) is 18.0 Å². The van der Waals surface area contributed by atoms with Gasteiger partial charge in [0.05, 0.1) is 12.2 Å². The second kappa shape index (κ2) is 8.47. The van der Waals surface area contributed by atoms with Crippen molar-refractivity contribution in [3.63, 3.8) is 0 Å². The number of dihydropyridines is 1. The predicted molar refractivity (Wildman–Crippen MR) is 106 cm³/mol. The fraction of sp³-hybridized carbons (Fsp3) is 0.286. The van der Waals surface area contributed by atoms with Crippen LogP contribution in [-0.4, -0.2) is 30.0 Å². The van der Waals surface area contributed by atoms with Crippen LogP contribution in [0.4, 0.5) is 13.2 Å². The molecule has 1 heterocycles. The van der Waals surface area contributed by atoms with E-state index in [1.165, 1.54) is 0 Å². The second-order valence-electron chi connectivity index (χ2n) is 6.51. The Kier molecular flexibility index (Phi) is 6.17. The third-order valence-corrected chi connectivity index (χ3v) is 4.49. The molecule has 2 unspecified atom stereocenters. The zero-order valence-electron chi connectivity index (χ0n) is 16.1. The summed E-state index contributed by atoms with van der Waals surface area (Å²) in [5.41, 5.74) is -0.916. The van der Waals surface area contributed by atoms with Crippen LogP contribution < -0.4 is 14.8 Å². The van der Waals surface area contributed by atoms with Crippen LogP contribution in [0.25, 0.3) is 10.8 Å². The number of carbonyl (C=O) groups excluding carboxylic acids is 1. The topological polar surface area (TPSA) is 56.8 Å². The molecule has 0 saturated heterocycles. The minimum atomic E-state index is -4.55. The Hall–Kier alpha value is -2.87. The van der Waals surface area contributed by atoms with E-state index in [0.29, 0.717) is 11.1 Å². The molecule has 0 radical (unpaired) electrons. The van der Waals surface area contributed by atoms with Crippen LogP contribution in [0.1, 0.15) is 13.8 Å². The van der Waals surface area contributed by atoms with Crippen molar-refractivity contribution in [2.75, 3.05) is 6.61 Å². The van der Waals surface area contributed by atoms with E-state index in [1.807, 2.05) is 0 Å². The van der Waals surface area contributed by atoms with Gasteiger partial charge in [0.2, 0.25) is 0 Å². The van der Waals surface area contributed by atoms with Crippen molar-refractivity contribution in [1.82, 2.24) is 5.32 Å². The molecule has 1 aliphatic rings. The van der Waals surface area contributed by atoms with Crippen molar-refractivity contribution >= 4 is 28.3 Å². The fourth-order valence-electron chi connectivity index (χ4n) is 2.79. The fourth-order valence-corrected chi connectivity index (χ4v) is 3.06. The van der Waals surface area contributed by atoms with Gasteiger partial charge in [0.25, 0.3) is 5.18 Å². The summed E-state index contributed by atoms with van der Waals surface area (Å²) in [6.45, 7) is 3.53. The largest absolute Gasteiger partial charge is 0.479 e. The molecule has 30 heavy (non-hydrogen) atoms. The van der Waals surface area contributed by atoms with Gasteiger partial charge in [0, 0.05) is 12.3 Å². The van der Waals surface area contributed by atoms with Crippen molar-refractivity contribution < 1.29 is 32.2 Å². The lowest BCUT2D eigenvalue weighted by atomic mass is 10.1. The Morgan fingerprint density at radius 2 is 1.83 bits per heavy atom. The van der Waals surface area contributed by atoms with Crippen molar-refractivity contribution in [2.24, 2.45) is 0 Å². The Labute approximate surface area is 176 Å². The van der Waals surface area contributed by atoms with Crippen LogP contribution in [-0.2, 0) is 9.53 Å². The highest BCUT2D eigenvalue weighted by Crippen LogP contribution is 2.34. The van der Waals surface area contributed by atoms with E-state index in [4.69, 9.17) is 25.8 Å². The van der Waals surface area contributed by atoms with Gasteiger partial charge in [0.1, 0.15) is 11.5 Å². The summed E-state index contributed by atoms with van der Waals surface area (Å²) >= 11 is 6.19. The number of hydrogen-bond acceptors (Lipinski definition) is 5. The van der Waals surface area contributed by atoms with Gasteiger partial charge in [-0.05, 0) is 66.6 Å². The molecule has 2 aromatic rings. The quantitative estimate of drug-likeness (QED) is 0.386. The lowest BCUT2D eigenvalue weighted by molar-refractivity contribution is -0.150. The molecular formula is C21H19ClF3NO4. The van der Waals surface area contributed by atoms with Gasteiger partial charge >= 0.3 is 12.1 Å². The lowest BCUT2D eigenvalue weighted by Gasteiger charge is -2.29. The summed E-state index contributed by atoms with van der Waals surface area (Å²) in [5, 5.41) is 2.20. The first-order valence-corrected chi connectivity index (χ1v) is 9.47. The van der Waals surface area contributed by atoms with Crippen molar-refractivity contribution in [3.05, 3.63) is 60.3 Å². The molecule has 0 amide bonds. The molecule has 5 nitrogen and oxygen atoms in total. The number of halogens is 4. The summed E-state index contributed by atoms with van der Waals surface area (Å²) in [7, 11) is 0. The molecule has 0 fully saturated rings. The maximum absolute atomic E-state index is 13.0. The van der Waals surface area contributed by atoms with Gasteiger partial charge in [0.15, 0.2) is 6.10 Å². The maximum atomic E-state index is 13.0. The molecule has 0 aromatic heterocycles. The number of esters is 1. The molecular weight excluding hydrogens is 423 g/mol. The van der Waals surface area contributed by atoms with E-state index >= 15 is 0 Å². The average Bonchev–Trinajstić information content (AvgIpc) is 2.67. The molecule has 0 bridgehead atoms. The minimum absolute atomic E-state index is 0.244. The first-order chi connectivity index (χ1) is 14.1. The van der Waals surface area contributed by atoms with E-state index < -0.39 is 29.0 Å². The number of carbonyl (C=O) groups is 1. The number of nitrogens with one attached hydrogen (secondary N) is 1. The van der Waals surface area contributed by atoms with Crippen molar-refractivity contribution in [2.45, 2.75) is 31.3 Å². The average molecular weight is 442 g/mol. The number of allylic oxidation sites excluding steroid dienone is 2. The van der Waals surface area contributed by atoms with Crippen LogP contribution in [0.5, 0.6) is 11.5 Å². The summed E-state index contributed by atoms with van der Waals surface area (Å²) in [6.07, 6.45) is -2.62. The summed E-state index contributed by atoms with van der Waals surface area (Å²) in [4.78, 5) is 11.7. The van der Waals surface area contributed by atoms with Crippen LogP contribution >= 0.6 is 11.6 Å². The molecule has 2 atom stereocenters. The van der Waals surface area contributed by atoms with Gasteiger partial charge in [-0.25, -0.2) is 4.79 Å². The van der Waals surface area contributed by atoms with E-state index in [1.54, 1.807) is 50.2 Å². The van der Waals surface area contributed by atoms with Gasteiger partial charge in [-0.1, -0.05) is 12.1 Å². The molecule has 9 heteroatoms. The molecule has 1 aliphatic heterocycles. The number of alkyl halides is 4. The number of rotatable bonds is 6. The predicted octanol–water partition coefficient (Wildman–Crippen LogP) is 5.05. The first-order valence-electron chi connectivity index (χ1n) is 9.09. The minimum Gasteiger partial charge on any atom is -0.479 e. The van der Waals surface area contributed by atoms with Gasteiger partial charge in [-0.15, -0.1) is 0 Å². The first kappa shape index (κ1) is 21.8. The highest BCUT2D eigenvalue weighted by molar-refractivity contribution is 6.24. The lowest BCUT2D eigenvalue weighted by Crippen LogP contribution is -2.43. The third-order valence-electron chi connectivity index (χ3n) is 4.19. The normalized spacial score (nSPS) is 19.6. The van der Waals surface area contributed by atoms with Crippen LogP contribution in [0.3, 0.4) is 0 Å². The SMILES string of the molecule is CCOC(=O)C(C)Oc1ccc2ccc(OC3(Cl)C=C(C(F)(F)F)C=CN3)cc2c1. The van der Waals surface area contributed by atoms with Gasteiger partial charge < -0.3 is 19.5 Å². The van der Waals surface area contributed by atoms with Gasteiger partial charge in [-0.3, -0.25) is 0 Å². The third kappa shape index (κ3) is 5.18. The van der Waals surface area contributed by atoms with E-state index in [2.05, 4.69) is 5.32 Å². The Morgan fingerprint density at radius 1 is 1.17 bits per heavy atom. The highest BCUT2D eigenvalue weighted by atomic mass is 35.5. The number of benzene rings is 2. The van der Waals surface area contributed by atoms with Crippen LogP contribution in [0, 0.1) is 0 Å². The number of hydrogen-bond donors (Lipinski definition) is 1. The molecule has 0 aliphatic carbocycles. The number of fused-ring (bicyclic) bond motifs is 1. The molecule has 0 saturated carbocycles. The zero-order valence-corrected chi connectivity index (χ0v) is 16.9. The van der Waals surface area contributed by atoms with Gasteiger partial charge in [-0.2, -0.15) is 13.2 Å². The Bertz CT molecular complexity index is 1010. The second-order valence-corrected chi connectivity index (χ2v) is 7.07. The molecule has 0 spiro atoms. The smallest absolute Gasteiger partial charge is 0.416 e. The highest BCUT2D eigenvalue weighted by Gasteiger charge is 2.38. The Morgan fingerprint density at radius 3 is 2.50 bits per heavy atom. The molecule has 2 aromatic carbocycles. The van der Waals surface area contributed by atoms with Crippen molar-refractivity contribution in [3.8, 4) is 11.5 Å². The van der Waals surface area contributed by atoms with Crippen molar-refractivity contribution in [1.29, 1.82) is 0 Å². The van der Waals surface area contributed by atoms with Crippen LogP contribution in [0.2, 0.25) is 0 Å². The van der Waals surface area contributed by atoms with Crippen LogP contribution in [0.15, 0.2) is 60.3 Å². The standard InChI is InChI=1S/C21H19ClF3NO4/c1-3-28-19(27)13(2)29-17-6-4-14-5-7-18(11-15(14)10-17)30-20(22)12-16(8-9-26-20)21(23,24)25/h4-13,26H,3H2,1-2H3. The molecule has 1 N–H and O–H groups in total. The molecule has 3 rings (SSSR count). The number of ether oxygens (including phenoxy) is 3. The summed E-state index contributed by atoms with van der Waals surface area (Å²) in [6, 6.07) is 10.1. The maximum Gasteiger partial charge on any atom is 0.416 e.